The largest absolute Gasteiger partial charge is 0.348 e. The van der Waals surface area contributed by atoms with E-state index in [1.807, 2.05) is 13.8 Å². The summed E-state index contributed by atoms with van der Waals surface area (Å²) in [5.74, 6) is -0.421. The quantitative estimate of drug-likeness (QED) is 0.928. The van der Waals surface area contributed by atoms with Gasteiger partial charge >= 0.3 is 0 Å². The van der Waals surface area contributed by atoms with Crippen molar-refractivity contribution in [2.75, 3.05) is 13.2 Å². The van der Waals surface area contributed by atoms with E-state index in [1.165, 1.54) is 9.35 Å². The van der Waals surface area contributed by atoms with Crippen molar-refractivity contribution in [1.29, 1.82) is 0 Å². The molecule has 5 heteroatoms. The third-order valence-electron chi connectivity index (χ3n) is 2.42. The molecule has 0 amide bonds. The number of thiophene rings is 1. The molecule has 1 aromatic rings. The summed E-state index contributed by atoms with van der Waals surface area (Å²) in [5, 5.41) is 5.47. The summed E-state index contributed by atoms with van der Waals surface area (Å²) in [6, 6.07) is 2.07. The van der Waals surface area contributed by atoms with Gasteiger partial charge in [-0.25, -0.2) is 0 Å². The summed E-state index contributed by atoms with van der Waals surface area (Å²) in [5.41, 5.74) is 0. The fraction of sp³-hybridized carbons (Fsp3) is 0.636. The van der Waals surface area contributed by atoms with E-state index in [4.69, 9.17) is 9.47 Å². The molecule has 0 bridgehead atoms. The molecule has 0 saturated carbocycles. The molecular formula is C11H16BrNO2S. The molecule has 3 nitrogen and oxygen atoms in total. The number of hydrogen-bond acceptors (Lipinski definition) is 4. The number of hydrogen-bond donors (Lipinski definition) is 1. The van der Waals surface area contributed by atoms with Crippen LogP contribution in [0.25, 0.3) is 0 Å². The first kappa shape index (κ1) is 12.5. The fourth-order valence-electron chi connectivity index (χ4n) is 1.66. The second-order valence-electron chi connectivity index (χ2n) is 4.27. The Hall–Kier alpha value is 0.0600. The van der Waals surface area contributed by atoms with Crippen LogP contribution in [0.15, 0.2) is 15.9 Å². The van der Waals surface area contributed by atoms with Crippen molar-refractivity contribution in [1.82, 2.24) is 5.32 Å². The first-order valence-corrected chi connectivity index (χ1v) is 6.98. The molecule has 1 N–H and O–H groups in total. The minimum absolute atomic E-state index is 0.161. The van der Waals surface area contributed by atoms with Crippen LogP contribution in [0, 0.1) is 0 Å². The summed E-state index contributed by atoms with van der Waals surface area (Å²) < 4.78 is 12.4. The van der Waals surface area contributed by atoms with Crippen molar-refractivity contribution in [2.45, 2.75) is 32.3 Å². The second kappa shape index (κ2) is 5.14. The van der Waals surface area contributed by atoms with Gasteiger partial charge in [0.05, 0.1) is 12.7 Å². The lowest BCUT2D eigenvalue weighted by Gasteiger charge is -2.17. The summed E-state index contributed by atoms with van der Waals surface area (Å²) in [6.45, 7) is 6.27. The summed E-state index contributed by atoms with van der Waals surface area (Å²) in [7, 11) is 0. The minimum atomic E-state index is -0.421. The van der Waals surface area contributed by atoms with Gasteiger partial charge < -0.3 is 14.8 Å². The van der Waals surface area contributed by atoms with Gasteiger partial charge in [0.1, 0.15) is 0 Å². The topological polar surface area (TPSA) is 30.5 Å². The van der Waals surface area contributed by atoms with Crippen molar-refractivity contribution in [3.8, 4) is 0 Å². The van der Waals surface area contributed by atoms with Crippen LogP contribution in [-0.4, -0.2) is 25.0 Å². The molecule has 1 saturated heterocycles. The molecule has 0 aliphatic carbocycles. The van der Waals surface area contributed by atoms with E-state index in [-0.39, 0.29) is 6.10 Å². The van der Waals surface area contributed by atoms with Gasteiger partial charge in [-0.3, -0.25) is 0 Å². The first-order valence-electron chi connectivity index (χ1n) is 5.31. The molecule has 1 atom stereocenters. The van der Waals surface area contributed by atoms with Crippen LogP contribution < -0.4 is 5.32 Å². The maximum atomic E-state index is 5.71. The van der Waals surface area contributed by atoms with Crippen molar-refractivity contribution in [2.24, 2.45) is 0 Å². The van der Waals surface area contributed by atoms with Gasteiger partial charge in [0, 0.05) is 22.4 Å². The molecule has 2 heterocycles. The van der Waals surface area contributed by atoms with Crippen molar-refractivity contribution >= 4 is 27.3 Å². The highest BCUT2D eigenvalue weighted by Gasteiger charge is 2.32. The number of rotatable bonds is 4. The van der Waals surface area contributed by atoms with Crippen LogP contribution in [0.5, 0.6) is 0 Å². The van der Waals surface area contributed by atoms with Gasteiger partial charge in [-0.1, -0.05) is 0 Å². The van der Waals surface area contributed by atoms with E-state index in [2.05, 4.69) is 32.7 Å². The highest BCUT2D eigenvalue weighted by Crippen LogP contribution is 2.23. The van der Waals surface area contributed by atoms with Crippen LogP contribution in [-0.2, 0) is 16.0 Å². The smallest absolute Gasteiger partial charge is 0.163 e. The van der Waals surface area contributed by atoms with Crippen molar-refractivity contribution < 1.29 is 9.47 Å². The Labute approximate surface area is 108 Å². The number of nitrogens with one attached hydrogen (secondary N) is 1. The maximum absolute atomic E-state index is 5.71. The highest BCUT2D eigenvalue weighted by atomic mass is 79.9. The molecule has 16 heavy (non-hydrogen) atoms. The molecule has 0 aromatic carbocycles. The van der Waals surface area contributed by atoms with E-state index >= 15 is 0 Å². The number of ether oxygens (including phenoxy) is 2. The standard InChI is InChI=1S/C11H16BrNO2S/c1-11(2)14-7-8(15-11)5-13-6-10-9(12)3-4-16-10/h3-4,8,13H,5-7H2,1-2H3. The molecule has 0 spiro atoms. The molecule has 1 aliphatic rings. The third-order valence-corrected chi connectivity index (χ3v) is 4.34. The van der Waals surface area contributed by atoms with Gasteiger partial charge in [-0.05, 0) is 41.2 Å². The Kier molecular flexibility index (Phi) is 4.02. The monoisotopic (exact) mass is 305 g/mol. The lowest BCUT2D eigenvalue weighted by molar-refractivity contribution is -0.137. The van der Waals surface area contributed by atoms with Crippen LogP contribution in [0.4, 0.5) is 0 Å². The summed E-state index contributed by atoms with van der Waals surface area (Å²) >= 11 is 5.26. The van der Waals surface area contributed by atoms with E-state index in [1.54, 1.807) is 11.3 Å². The zero-order valence-electron chi connectivity index (χ0n) is 9.46. The van der Waals surface area contributed by atoms with Gasteiger partial charge in [0.25, 0.3) is 0 Å². The van der Waals surface area contributed by atoms with E-state index in [9.17, 15) is 0 Å². The highest BCUT2D eigenvalue weighted by molar-refractivity contribution is 9.10. The van der Waals surface area contributed by atoms with Crippen LogP contribution in [0.2, 0.25) is 0 Å². The van der Waals surface area contributed by atoms with Gasteiger partial charge in [-0.15, -0.1) is 11.3 Å². The Morgan fingerprint density at radius 3 is 3.00 bits per heavy atom. The van der Waals surface area contributed by atoms with Crippen LogP contribution in [0.1, 0.15) is 18.7 Å². The molecular weight excluding hydrogens is 290 g/mol. The molecule has 1 fully saturated rings. The maximum Gasteiger partial charge on any atom is 0.163 e. The molecule has 1 aromatic heterocycles. The Morgan fingerprint density at radius 2 is 2.44 bits per heavy atom. The number of halogens is 1. The van der Waals surface area contributed by atoms with Crippen LogP contribution >= 0.6 is 27.3 Å². The van der Waals surface area contributed by atoms with Crippen molar-refractivity contribution in [3.63, 3.8) is 0 Å². The summed E-state index contributed by atoms with van der Waals surface area (Å²) in [4.78, 5) is 1.32. The molecule has 0 radical (unpaired) electrons. The van der Waals surface area contributed by atoms with Crippen LogP contribution in [0.3, 0.4) is 0 Å². The average Bonchev–Trinajstić information content (AvgIpc) is 2.74. The lowest BCUT2D eigenvalue weighted by atomic mass is 10.3. The predicted octanol–water partition coefficient (Wildman–Crippen LogP) is 2.75. The lowest BCUT2D eigenvalue weighted by Crippen LogP contribution is -2.30. The average molecular weight is 306 g/mol. The zero-order valence-corrected chi connectivity index (χ0v) is 11.9. The fourth-order valence-corrected chi connectivity index (χ4v) is 3.12. The van der Waals surface area contributed by atoms with E-state index in [0.717, 1.165) is 13.1 Å². The minimum Gasteiger partial charge on any atom is -0.348 e. The van der Waals surface area contributed by atoms with Gasteiger partial charge in [0.15, 0.2) is 5.79 Å². The molecule has 90 valence electrons. The second-order valence-corrected chi connectivity index (χ2v) is 6.13. The SMILES string of the molecule is CC1(C)OCC(CNCc2sccc2Br)O1. The molecule has 2 rings (SSSR count). The Bertz CT molecular complexity index is 354. The van der Waals surface area contributed by atoms with Crippen molar-refractivity contribution in [3.05, 3.63) is 20.8 Å². The van der Waals surface area contributed by atoms with E-state index in [0.29, 0.717) is 6.61 Å². The van der Waals surface area contributed by atoms with Gasteiger partial charge in [-0.2, -0.15) is 0 Å². The summed E-state index contributed by atoms with van der Waals surface area (Å²) in [6.07, 6.45) is 0.161. The Morgan fingerprint density at radius 1 is 1.62 bits per heavy atom. The third kappa shape index (κ3) is 3.28. The van der Waals surface area contributed by atoms with Gasteiger partial charge in [0.2, 0.25) is 0 Å². The molecule has 1 aliphatic heterocycles. The molecule has 1 unspecified atom stereocenters. The zero-order chi connectivity index (χ0) is 11.6. The van der Waals surface area contributed by atoms with E-state index < -0.39 is 5.79 Å². The normalized spacial score (nSPS) is 23.8. The first-order chi connectivity index (χ1) is 7.57. The Balaban J connectivity index is 1.71. The predicted molar refractivity (Wildman–Crippen MR) is 68.6 cm³/mol.